The van der Waals surface area contributed by atoms with E-state index in [9.17, 15) is 4.79 Å². The van der Waals surface area contributed by atoms with Gasteiger partial charge in [0.25, 0.3) is 5.91 Å². The summed E-state index contributed by atoms with van der Waals surface area (Å²) in [7, 11) is 0. The van der Waals surface area contributed by atoms with E-state index in [-0.39, 0.29) is 18.1 Å². The summed E-state index contributed by atoms with van der Waals surface area (Å²) in [5, 5.41) is 3.24. The number of thiocarbonyl (C=S) groups is 1. The van der Waals surface area contributed by atoms with Gasteiger partial charge in [0.2, 0.25) is 0 Å². The molecule has 0 aliphatic carbocycles. The van der Waals surface area contributed by atoms with Crippen LogP contribution in [0.5, 0.6) is 0 Å². The molecule has 2 atom stereocenters. The van der Waals surface area contributed by atoms with Crippen molar-refractivity contribution >= 4 is 23.2 Å². The van der Waals surface area contributed by atoms with Gasteiger partial charge in [0.05, 0.1) is 12.2 Å². The monoisotopic (exact) mass is 278 g/mol. The molecule has 1 saturated heterocycles. The van der Waals surface area contributed by atoms with Crippen LogP contribution in [0.2, 0.25) is 0 Å². The van der Waals surface area contributed by atoms with Crippen LogP contribution in [0.25, 0.3) is 0 Å². The summed E-state index contributed by atoms with van der Waals surface area (Å²) in [6.07, 6.45) is 0.241. The highest BCUT2D eigenvalue weighted by atomic mass is 32.1. The van der Waals surface area contributed by atoms with Crippen LogP contribution >= 0.6 is 12.2 Å². The van der Waals surface area contributed by atoms with Crippen molar-refractivity contribution in [2.24, 2.45) is 0 Å². The SMILES string of the molecule is C[C@@H]1CN(C(=S)NC(=O)c2ccccc2)C[C@@H](C)O1. The molecule has 4 nitrogen and oxygen atoms in total. The Hall–Kier alpha value is -1.46. The van der Waals surface area contributed by atoms with Gasteiger partial charge in [-0.3, -0.25) is 10.1 Å². The smallest absolute Gasteiger partial charge is 0.257 e. The molecule has 2 rings (SSSR count). The summed E-state index contributed by atoms with van der Waals surface area (Å²) < 4.78 is 5.64. The summed E-state index contributed by atoms with van der Waals surface area (Å²) in [6, 6.07) is 9.07. The Morgan fingerprint density at radius 2 is 1.84 bits per heavy atom. The van der Waals surface area contributed by atoms with Crippen LogP contribution in [0.4, 0.5) is 0 Å². The predicted octanol–water partition coefficient (Wildman–Crippen LogP) is 1.81. The van der Waals surface area contributed by atoms with Gasteiger partial charge in [-0.05, 0) is 38.2 Å². The predicted molar refractivity (Wildman–Crippen MR) is 78.1 cm³/mol. The Kier molecular flexibility index (Phi) is 4.50. The zero-order valence-electron chi connectivity index (χ0n) is 11.1. The molecule has 1 aliphatic heterocycles. The zero-order chi connectivity index (χ0) is 13.8. The summed E-state index contributed by atoms with van der Waals surface area (Å²) in [5.41, 5.74) is 0.610. The Balaban J connectivity index is 1.96. The number of nitrogens with zero attached hydrogens (tertiary/aromatic N) is 1. The lowest BCUT2D eigenvalue weighted by Gasteiger charge is -2.36. The minimum atomic E-state index is -0.169. The fourth-order valence-corrected chi connectivity index (χ4v) is 2.42. The van der Waals surface area contributed by atoms with Gasteiger partial charge in [-0.1, -0.05) is 18.2 Å². The van der Waals surface area contributed by atoms with E-state index in [1.807, 2.05) is 36.9 Å². The van der Waals surface area contributed by atoms with Gasteiger partial charge >= 0.3 is 0 Å². The Labute approximate surface area is 118 Å². The molecule has 1 amide bonds. The molecule has 19 heavy (non-hydrogen) atoms. The van der Waals surface area contributed by atoms with Gasteiger partial charge in [0, 0.05) is 18.7 Å². The Morgan fingerprint density at radius 3 is 2.42 bits per heavy atom. The van der Waals surface area contributed by atoms with Crippen LogP contribution in [-0.4, -0.2) is 41.2 Å². The van der Waals surface area contributed by atoms with Crippen LogP contribution in [0.15, 0.2) is 30.3 Å². The summed E-state index contributed by atoms with van der Waals surface area (Å²) in [4.78, 5) is 14.0. The molecule has 0 radical (unpaired) electrons. The Morgan fingerprint density at radius 1 is 1.26 bits per heavy atom. The van der Waals surface area contributed by atoms with E-state index in [4.69, 9.17) is 17.0 Å². The minimum absolute atomic E-state index is 0.121. The first-order valence-corrected chi connectivity index (χ1v) is 6.78. The Bertz CT molecular complexity index is 454. The quantitative estimate of drug-likeness (QED) is 0.796. The van der Waals surface area contributed by atoms with Crippen molar-refractivity contribution in [3.05, 3.63) is 35.9 Å². The van der Waals surface area contributed by atoms with Crippen molar-refractivity contribution in [1.29, 1.82) is 0 Å². The maximum Gasteiger partial charge on any atom is 0.257 e. The largest absolute Gasteiger partial charge is 0.372 e. The van der Waals surface area contributed by atoms with Crippen LogP contribution < -0.4 is 5.32 Å². The number of carbonyl (C=O) groups is 1. The van der Waals surface area contributed by atoms with Crippen molar-refractivity contribution in [3.63, 3.8) is 0 Å². The topological polar surface area (TPSA) is 41.6 Å². The van der Waals surface area contributed by atoms with Crippen LogP contribution in [0, 0.1) is 0 Å². The summed E-state index contributed by atoms with van der Waals surface area (Å²) in [6.45, 7) is 5.42. The lowest BCUT2D eigenvalue weighted by Crippen LogP contribution is -2.52. The molecule has 0 spiro atoms. The molecule has 1 aromatic carbocycles. The van der Waals surface area contributed by atoms with E-state index in [2.05, 4.69) is 5.32 Å². The fourth-order valence-electron chi connectivity index (χ4n) is 2.18. The van der Waals surface area contributed by atoms with E-state index >= 15 is 0 Å². The van der Waals surface area contributed by atoms with Crippen molar-refractivity contribution in [2.75, 3.05) is 13.1 Å². The first kappa shape index (κ1) is 14.0. The third-order valence-electron chi connectivity index (χ3n) is 2.96. The molecule has 102 valence electrons. The molecule has 1 aliphatic rings. The third-order valence-corrected chi connectivity index (χ3v) is 3.32. The molecule has 0 unspecified atom stereocenters. The molecule has 0 bridgehead atoms. The first-order valence-electron chi connectivity index (χ1n) is 6.37. The second-order valence-electron chi connectivity index (χ2n) is 4.79. The molecule has 1 heterocycles. The standard InChI is InChI=1S/C14H18N2O2S/c1-10-8-16(9-11(2)18-10)14(19)15-13(17)12-6-4-3-5-7-12/h3-7,10-11H,8-9H2,1-2H3,(H,15,17,19)/t10-,11-/m1/s1. The first-order chi connectivity index (χ1) is 9.06. The van der Waals surface area contributed by atoms with Crippen LogP contribution in [0.3, 0.4) is 0 Å². The van der Waals surface area contributed by atoms with Crippen LogP contribution in [-0.2, 0) is 4.74 Å². The number of morpholine rings is 1. The number of ether oxygens (including phenoxy) is 1. The van der Waals surface area contributed by atoms with Crippen LogP contribution in [0.1, 0.15) is 24.2 Å². The lowest BCUT2D eigenvalue weighted by atomic mass is 10.2. The molecule has 1 aromatic rings. The van der Waals surface area contributed by atoms with E-state index in [1.165, 1.54) is 0 Å². The zero-order valence-corrected chi connectivity index (χ0v) is 11.9. The number of hydrogen-bond donors (Lipinski definition) is 1. The maximum atomic E-state index is 12.0. The third kappa shape index (κ3) is 3.75. The van der Waals surface area contributed by atoms with Crippen molar-refractivity contribution in [1.82, 2.24) is 10.2 Å². The van der Waals surface area contributed by atoms with Gasteiger partial charge in [-0.25, -0.2) is 0 Å². The number of amides is 1. The second kappa shape index (κ2) is 6.12. The highest BCUT2D eigenvalue weighted by Gasteiger charge is 2.24. The minimum Gasteiger partial charge on any atom is -0.372 e. The molecule has 5 heteroatoms. The average Bonchev–Trinajstić information content (AvgIpc) is 2.38. The van der Waals surface area contributed by atoms with Crippen molar-refractivity contribution < 1.29 is 9.53 Å². The van der Waals surface area contributed by atoms with Crippen molar-refractivity contribution in [3.8, 4) is 0 Å². The second-order valence-corrected chi connectivity index (χ2v) is 5.17. The lowest BCUT2D eigenvalue weighted by molar-refractivity contribution is -0.0481. The van der Waals surface area contributed by atoms with E-state index in [0.29, 0.717) is 23.8 Å². The molecule has 1 N–H and O–H groups in total. The van der Waals surface area contributed by atoms with E-state index < -0.39 is 0 Å². The highest BCUT2D eigenvalue weighted by molar-refractivity contribution is 7.80. The molecular formula is C14H18N2O2S. The van der Waals surface area contributed by atoms with E-state index in [0.717, 1.165) is 0 Å². The van der Waals surface area contributed by atoms with Crippen molar-refractivity contribution in [2.45, 2.75) is 26.1 Å². The molecule has 1 fully saturated rings. The maximum absolute atomic E-state index is 12.0. The average molecular weight is 278 g/mol. The number of nitrogens with one attached hydrogen (secondary N) is 1. The molecule has 0 aromatic heterocycles. The molecular weight excluding hydrogens is 260 g/mol. The highest BCUT2D eigenvalue weighted by Crippen LogP contribution is 2.11. The molecule has 0 saturated carbocycles. The number of carbonyl (C=O) groups excluding carboxylic acids is 1. The van der Waals surface area contributed by atoms with Gasteiger partial charge in [0.1, 0.15) is 0 Å². The number of hydrogen-bond acceptors (Lipinski definition) is 3. The summed E-state index contributed by atoms with van der Waals surface area (Å²) >= 11 is 5.29. The number of benzene rings is 1. The van der Waals surface area contributed by atoms with Gasteiger partial charge in [-0.2, -0.15) is 0 Å². The van der Waals surface area contributed by atoms with Gasteiger partial charge < -0.3 is 9.64 Å². The van der Waals surface area contributed by atoms with E-state index in [1.54, 1.807) is 12.1 Å². The van der Waals surface area contributed by atoms with Gasteiger partial charge in [-0.15, -0.1) is 0 Å². The summed E-state index contributed by atoms with van der Waals surface area (Å²) in [5.74, 6) is -0.169. The van der Waals surface area contributed by atoms with Gasteiger partial charge in [0.15, 0.2) is 5.11 Å². The number of rotatable bonds is 1. The normalized spacial score (nSPS) is 22.9. The fraction of sp³-hybridized carbons (Fsp3) is 0.429.